The summed E-state index contributed by atoms with van der Waals surface area (Å²) in [5.41, 5.74) is 3.25. The van der Waals surface area contributed by atoms with Crippen LogP contribution >= 0.6 is 0 Å². The van der Waals surface area contributed by atoms with E-state index in [1.807, 2.05) is 0 Å². The third-order valence-corrected chi connectivity index (χ3v) is 4.10. The zero-order valence-electron chi connectivity index (χ0n) is 9.45. The molecule has 1 fully saturated rings. The first-order chi connectivity index (χ1) is 7.34. The van der Waals surface area contributed by atoms with Crippen molar-refractivity contribution in [2.45, 2.75) is 25.2 Å². The molecule has 1 aliphatic carbocycles. The van der Waals surface area contributed by atoms with Crippen molar-refractivity contribution in [3.63, 3.8) is 0 Å². The van der Waals surface area contributed by atoms with E-state index in [0.717, 1.165) is 11.8 Å². The van der Waals surface area contributed by atoms with Crippen LogP contribution in [0.15, 0.2) is 24.3 Å². The highest BCUT2D eigenvalue weighted by Crippen LogP contribution is 2.39. The van der Waals surface area contributed by atoms with E-state index >= 15 is 0 Å². The Morgan fingerprint density at radius 1 is 1.20 bits per heavy atom. The second-order valence-electron chi connectivity index (χ2n) is 5.18. The lowest BCUT2D eigenvalue weighted by atomic mass is 9.87. The molecule has 1 heteroatoms. The van der Waals surface area contributed by atoms with Gasteiger partial charge in [-0.25, -0.2) is 0 Å². The lowest BCUT2D eigenvalue weighted by molar-refractivity contribution is 0.385. The van der Waals surface area contributed by atoms with Crippen LogP contribution in [0.4, 0.5) is 0 Å². The Kier molecular flexibility index (Phi) is 2.28. The van der Waals surface area contributed by atoms with Crippen LogP contribution < -0.4 is 0 Å². The van der Waals surface area contributed by atoms with Gasteiger partial charge in [-0.15, -0.1) is 0 Å². The van der Waals surface area contributed by atoms with E-state index in [4.69, 9.17) is 0 Å². The van der Waals surface area contributed by atoms with Crippen molar-refractivity contribution < 1.29 is 0 Å². The van der Waals surface area contributed by atoms with Crippen molar-refractivity contribution in [3.05, 3.63) is 35.4 Å². The van der Waals surface area contributed by atoms with Crippen LogP contribution in [-0.4, -0.2) is 25.0 Å². The third kappa shape index (κ3) is 1.59. The summed E-state index contributed by atoms with van der Waals surface area (Å²) in [6.45, 7) is 2.57. The van der Waals surface area contributed by atoms with Crippen LogP contribution in [0.3, 0.4) is 0 Å². The van der Waals surface area contributed by atoms with E-state index in [-0.39, 0.29) is 0 Å². The summed E-state index contributed by atoms with van der Waals surface area (Å²) in [5.74, 6) is 1.73. The first-order valence-electron chi connectivity index (χ1n) is 6.11. The average molecular weight is 201 g/mol. The van der Waals surface area contributed by atoms with Crippen molar-refractivity contribution in [1.29, 1.82) is 0 Å². The molecule has 0 spiro atoms. The summed E-state index contributed by atoms with van der Waals surface area (Å²) in [6, 6.07) is 9.09. The van der Waals surface area contributed by atoms with E-state index in [2.05, 4.69) is 36.2 Å². The van der Waals surface area contributed by atoms with E-state index in [1.165, 1.54) is 32.4 Å². The first kappa shape index (κ1) is 9.41. The predicted octanol–water partition coefficient (Wildman–Crippen LogP) is 2.67. The van der Waals surface area contributed by atoms with E-state index in [9.17, 15) is 0 Å². The molecule has 0 unspecified atom stereocenters. The molecule has 0 radical (unpaired) electrons. The van der Waals surface area contributed by atoms with Crippen LogP contribution in [0.1, 0.15) is 29.9 Å². The van der Waals surface area contributed by atoms with Gasteiger partial charge in [0, 0.05) is 19.0 Å². The summed E-state index contributed by atoms with van der Waals surface area (Å²) in [6.07, 6.45) is 4.10. The number of aryl methyl sites for hydroxylation is 1. The molecule has 1 heterocycles. The quantitative estimate of drug-likeness (QED) is 0.624. The number of likely N-dealkylation sites (tertiary alicyclic amines) is 1. The van der Waals surface area contributed by atoms with Crippen molar-refractivity contribution >= 4 is 0 Å². The number of likely N-dealkylation sites (N-methyl/N-ethyl adjacent to an activating group) is 1. The Labute approximate surface area is 92.1 Å². The Hall–Kier alpha value is -0.820. The van der Waals surface area contributed by atoms with Crippen molar-refractivity contribution in [3.8, 4) is 0 Å². The maximum absolute atomic E-state index is 2.50. The van der Waals surface area contributed by atoms with Gasteiger partial charge in [-0.3, -0.25) is 0 Å². The smallest absolute Gasteiger partial charge is 0.00506 e. The van der Waals surface area contributed by atoms with Crippen LogP contribution in [-0.2, 0) is 6.42 Å². The zero-order valence-corrected chi connectivity index (χ0v) is 9.45. The van der Waals surface area contributed by atoms with Gasteiger partial charge in [0.2, 0.25) is 0 Å². The van der Waals surface area contributed by atoms with Crippen LogP contribution in [0.5, 0.6) is 0 Å². The van der Waals surface area contributed by atoms with Crippen LogP contribution in [0.25, 0.3) is 0 Å². The monoisotopic (exact) mass is 201 g/mol. The molecule has 1 nitrogen and oxygen atoms in total. The van der Waals surface area contributed by atoms with Gasteiger partial charge < -0.3 is 4.90 Å². The minimum Gasteiger partial charge on any atom is -0.305 e. The fourth-order valence-electron chi connectivity index (χ4n) is 3.41. The standard InChI is InChI=1S/C14H19N/c1-15-9-12-7-4-6-11-5-2-3-8-13(11)14(12)10-15/h2-3,5,8,12,14H,4,6-7,9-10H2,1H3/t12-,14+/m0/s1. The van der Waals surface area contributed by atoms with Gasteiger partial charge in [0.25, 0.3) is 0 Å². The molecule has 1 aromatic rings. The molecule has 1 aromatic carbocycles. The van der Waals surface area contributed by atoms with Crippen LogP contribution in [0.2, 0.25) is 0 Å². The maximum Gasteiger partial charge on any atom is 0.00506 e. The summed E-state index contributed by atoms with van der Waals surface area (Å²) in [5, 5.41) is 0. The summed E-state index contributed by atoms with van der Waals surface area (Å²) < 4.78 is 0. The second kappa shape index (κ2) is 3.64. The topological polar surface area (TPSA) is 3.24 Å². The van der Waals surface area contributed by atoms with Gasteiger partial charge in [0.15, 0.2) is 0 Å². The SMILES string of the molecule is CN1C[C@@H]2CCCc3ccccc3[C@@H]2C1. The molecule has 0 bridgehead atoms. The van der Waals surface area contributed by atoms with Gasteiger partial charge in [0.1, 0.15) is 0 Å². The molecule has 1 saturated heterocycles. The maximum atomic E-state index is 2.50. The molecule has 0 aromatic heterocycles. The predicted molar refractivity (Wildman–Crippen MR) is 63.1 cm³/mol. The third-order valence-electron chi connectivity index (χ3n) is 4.10. The lowest BCUT2D eigenvalue weighted by Crippen LogP contribution is -2.14. The van der Waals surface area contributed by atoms with E-state index in [0.29, 0.717) is 0 Å². The number of nitrogens with zero attached hydrogens (tertiary/aromatic N) is 1. The molecule has 15 heavy (non-hydrogen) atoms. The van der Waals surface area contributed by atoms with Gasteiger partial charge in [-0.1, -0.05) is 24.3 Å². The number of hydrogen-bond donors (Lipinski definition) is 0. The molecular formula is C14H19N. The number of benzene rings is 1. The normalized spacial score (nSPS) is 30.7. The van der Waals surface area contributed by atoms with Crippen LogP contribution in [0, 0.1) is 5.92 Å². The van der Waals surface area contributed by atoms with Crippen molar-refractivity contribution in [2.24, 2.45) is 5.92 Å². The Bertz CT molecular complexity index is 358. The van der Waals surface area contributed by atoms with Crippen molar-refractivity contribution in [2.75, 3.05) is 20.1 Å². The molecule has 3 rings (SSSR count). The van der Waals surface area contributed by atoms with Gasteiger partial charge >= 0.3 is 0 Å². The number of hydrogen-bond acceptors (Lipinski definition) is 1. The average Bonchev–Trinajstić information content (AvgIpc) is 2.52. The minimum atomic E-state index is 0.814. The number of rotatable bonds is 0. The first-order valence-corrected chi connectivity index (χ1v) is 6.11. The Balaban J connectivity index is 2.01. The zero-order chi connectivity index (χ0) is 10.3. The molecule has 2 atom stereocenters. The van der Waals surface area contributed by atoms with E-state index in [1.54, 1.807) is 11.1 Å². The number of fused-ring (bicyclic) bond motifs is 3. The minimum absolute atomic E-state index is 0.814. The molecular weight excluding hydrogens is 182 g/mol. The summed E-state index contributed by atoms with van der Waals surface area (Å²) >= 11 is 0. The van der Waals surface area contributed by atoms with Crippen molar-refractivity contribution in [1.82, 2.24) is 4.90 Å². The highest BCUT2D eigenvalue weighted by molar-refractivity contribution is 5.33. The molecule has 2 aliphatic rings. The summed E-state index contributed by atoms with van der Waals surface area (Å²) in [4.78, 5) is 2.50. The van der Waals surface area contributed by atoms with Gasteiger partial charge in [-0.05, 0) is 43.4 Å². The largest absolute Gasteiger partial charge is 0.305 e. The lowest BCUT2D eigenvalue weighted by Gasteiger charge is -2.17. The molecule has 0 N–H and O–H groups in total. The Morgan fingerprint density at radius 2 is 2.07 bits per heavy atom. The highest BCUT2D eigenvalue weighted by atomic mass is 15.1. The highest BCUT2D eigenvalue weighted by Gasteiger charge is 2.34. The Morgan fingerprint density at radius 3 is 3.00 bits per heavy atom. The molecule has 0 amide bonds. The molecule has 0 saturated carbocycles. The van der Waals surface area contributed by atoms with Gasteiger partial charge in [-0.2, -0.15) is 0 Å². The molecule has 1 aliphatic heterocycles. The fraction of sp³-hybridized carbons (Fsp3) is 0.571. The summed E-state index contributed by atoms with van der Waals surface area (Å²) in [7, 11) is 2.26. The fourth-order valence-corrected chi connectivity index (χ4v) is 3.41. The van der Waals surface area contributed by atoms with Gasteiger partial charge in [0.05, 0.1) is 0 Å². The molecule has 80 valence electrons. The van der Waals surface area contributed by atoms with E-state index < -0.39 is 0 Å². The second-order valence-corrected chi connectivity index (χ2v) is 5.18.